The van der Waals surface area contributed by atoms with Crippen LogP contribution in [0.4, 0.5) is 0 Å². The van der Waals surface area contributed by atoms with E-state index in [4.69, 9.17) is 17.2 Å². The van der Waals surface area contributed by atoms with Crippen LogP contribution in [-0.4, -0.2) is 144 Å². The molecule has 390 valence electrons. The molecule has 0 saturated carbocycles. The first-order valence-electron chi connectivity index (χ1n) is 21.6. The third kappa shape index (κ3) is 23.1. The number of aromatic amines is 1. The number of amides is 6. The number of nitrogens with zero attached hydrogens (tertiary/aromatic N) is 2. The monoisotopic (exact) mass is 1160 g/mol. The Labute approximate surface area is 448 Å². The number of H-pyrrole nitrogens is 1. The number of carbonyl (C=O) groups excluding carboxylic acids is 7. The number of aromatic nitrogens is 1. The zero-order valence-corrected chi connectivity index (χ0v) is 45.6. The fraction of sp³-hybridized carbons (Fsp3) is 0.585. The molecule has 4 aliphatic rings. The summed E-state index contributed by atoms with van der Waals surface area (Å²) in [4.78, 5) is 114. The number of carbonyl (C=O) groups is 8. The number of hydrogen-bond acceptors (Lipinski definition) is 19. The van der Waals surface area contributed by atoms with E-state index in [9.17, 15) is 43.5 Å². The number of Topliss-reactive ketones (excluding diaryl/α,β-unsaturated/α-hetero) is 1. The lowest BCUT2D eigenvalue weighted by Crippen LogP contribution is -2.57. The number of aliphatic carboxylic acids is 1. The van der Waals surface area contributed by atoms with Crippen LogP contribution in [0, 0.1) is 5.92 Å². The number of fused-ring (bicyclic) bond motifs is 2. The topological polar surface area (TPSA) is 314 Å². The summed E-state index contributed by atoms with van der Waals surface area (Å²) in [5.41, 5.74) is 17.8. The van der Waals surface area contributed by atoms with E-state index in [2.05, 4.69) is 31.2 Å². The average molecular weight is 1160 g/mol. The lowest BCUT2D eigenvalue weighted by Gasteiger charge is -2.30. The quantitative estimate of drug-likeness (QED) is 0.0652. The normalized spacial score (nSPS) is 23.5. The second-order valence-electron chi connectivity index (χ2n) is 15.2. The Morgan fingerprint density at radius 3 is 2.06 bits per heavy atom. The van der Waals surface area contributed by atoms with E-state index in [0.29, 0.717) is 31.4 Å². The molecule has 0 aliphatic carbocycles. The molecule has 0 radical (unpaired) electrons. The number of carboxylic acid groups (broad SMARTS) is 1. The highest BCUT2D eigenvalue weighted by molar-refractivity contribution is 8.92. The Kier molecular flexibility index (Phi) is 30.7. The molecule has 6 rings (SSSR count). The van der Waals surface area contributed by atoms with E-state index in [0.717, 1.165) is 10.9 Å². The van der Waals surface area contributed by atoms with Crippen molar-refractivity contribution in [1.29, 1.82) is 0 Å². The maximum absolute atomic E-state index is 14.3. The van der Waals surface area contributed by atoms with Crippen LogP contribution in [0.5, 0.6) is 0 Å². The number of nitrogens with two attached hydrogens (primary N) is 3. The number of ketones is 1. The summed E-state index contributed by atoms with van der Waals surface area (Å²) in [6, 6.07) is 2.88. The highest BCUT2D eigenvalue weighted by atomic mass is 33.2. The molecule has 2 aromatic rings. The van der Waals surface area contributed by atoms with Crippen LogP contribution in [0.2, 0.25) is 0 Å². The van der Waals surface area contributed by atoms with E-state index in [1.54, 1.807) is 6.20 Å². The third-order valence-electron chi connectivity index (χ3n) is 10.2. The van der Waals surface area contributed by atoms with Gasteiger partial charge in [-0.15, -0.1) is 0 Å². The van der Waals surface area contributed by atoms with Crippen molar-refractivity contribution in [2.75, 3.05) is 51.5 Å². The molecule has 5 atom stereocenters. The number of nitrogens with one attached hydrogen (secondary N) is 5. The molecule has 19 nitrogen and oxygen atoms in total. The summed E-state index contributed by atoms with van der Waals surface area (Å²) in [6.07, 6.45) is 2.14. The number of guanidine groups is 1. The van der Waals surface area contributed by atoms with Crippen LogP contribution >= 0.6 is 108 Å². The molecular weight excluding hydrogens is 1100 g/mol. The molecule has 6 amide bonds. The second kappa shape index (κ2) is 34.8. The third-order valence-corrected chi connectivity index (χ3v) is 25.3. The maximum Gasteiger partial charge on any atom is 0.304 e. The van der Waals surface area contributed by atoms with Crippen molar-refractivity contribution in [2.24, 2.45) is 28.1 Å². The molecule has 29 heteroatoms. The molecule has 4 aliphatic heterocycles. The Balaban J connectivity index is 0.000000865. The summed E-state index contributed by atoms with van der Waals surface area (Å²) < 4.78 is 0. The highest BCUT2D eigenvalue weighted by Gasteiger charge is 2.40. The Bertz CT molecular complexity index is 2030. The van der Waals surface area contributed by atoms with Gasteiger partial charge in [0.05, 0.1) is 39.2 Å². The number of hydrogen-bond donors (Lipinski definition) is 9. The molecule has 1 aromatic carbocycles. The van der Waals surface area contributed by atoms with Gasteiger partial charge >= 0.3 is 5.97 Å². The zero-order valence-electron chi connectivity index (χ0n) is 37.4. The molecule has 70 heavy (non-hydrogen) atoms. The van der Waals surface area contributed by atoms with Gasteiger partial charge in [0.25, 0.3) is 0 Å². The highest BCUT2D eigenvalue weighted by Crippen LogP contribution is 2.42. The minimum atomic E-state index is -1.43. The summed E-state index contributed by atoms with van der Waals surface area (Å²) in [5, 5.41) is 26.0. The van der Waals surface area contributed by atoms with Gasteiger partial charge in [-0.25, -0.2) is 0 Å². The van der Waals surface area contributed by atoms with Crippen LogP contribution in [0.3, 0.4) is 0 Å². The Hall–Kier alpha value is -2.51. The lowest BCUT2D eigenvalue weighted by molar-refractivity contribution is -0.144. The first-order chi connectivity index (χ1) is 33.2. The number of rotatable bonds is 10. The molecule has 0 bridgehead atoms. The van der Waals surface area contributed by atoms with Gasteiger partial charge < -0.3 is 53.5 Å². The predicted molar refractivity (Wildman–Crippen MR) is 301 cm³/mol. The lowest BCUT2D eigenvalue weighted by atomic mass is 9.96. The molecular formula is C41H62N10O9S10. The first-order valence-corrected chi connectivity index (χ1v) is 34.0. The largest absolute Gasteiger partial charge is 0.481 e. The molecule has 1 aromatic heterocycles. The van der Waals surface area contributed by atoms with E-state index in [1.807, 2.05) is 111 Å². The van der Waals surface area contributed by atoms with Crippen molar-refractivity contribution in [3.63, 3.8) is 0 Å². The SMILES string of the molecule is C.C1SSCSS1.C1SSCSS1.NC(=O)[C@@H]1CSSCCC(=O)N[C@@H](CCCCN=C(N)N)C(=O)NCC(=O)C[C@@H](CC(=O)O)C(=O)N[C@@H](Cc2c[nH]c3ccccc23)C(=O)N2CCC[C@H]2C(=O)N1. The predicted octanol–water partition coefficient (Wildman–Crippen LogP) is 5.03. The van der Waals surface area contributed by atoms with E-state index in [1.165, 1.54) is 46.8 Å². The van der Waals surface area contributed by atoms with Crippen LogP contribution in [0.1, 0.15) is 64.4 Å². The van der Waals surface area contributed by atoms with Gasteiger partial charge in [0.1, 0.15) is 24.2 Å². The summed E-state index contributed by atoms with van der Waals surface area (Å²) >= 11 is 0. The van der Waals surface area contributed by atoms with Crippen LogP contribution < -0.4 is 38.5 Å². The fourth-order valence-electron chi connectivity index (χ4n) is 6.96. The van der Waals surface area contributed by atoms with E-state index >= 15 is 0 Å². The molecule has 12 N–H and O–H groups in total. The van der Waals surface area contributed by atoms with Crippen molar-refractivity contribution in [3.05, 3.63) is 36.0 Å². The number of unbranched alkanes of at least 4 members (excludes halogenated alkanes) is 1. The van der Waals surface area contributed by atoms with Gasteiger partial charge in [-0.2, -0.15) is 0 Å². The number of primary amides is 1. The van der Waals surface area contributed by atoms with Gasteiger partial charge in [-0.05, 0) is 43.7 Å². The smallest absolute Gasteiger partial charge is 0.304 e. The Morgan fingerprint density at radius 1 is 0.786 bits per heavy atom. The average Bonchev–Trinajstić information content (AvgIpc) is 4.01. The summed E-state index contributed by atoms with van der Waals surface area (Å²) in [6.45, 7) is -0.0961. The molecule has 0 spiro atoms. The minimum Gasteiger partial charge on any atom is -0.481 e. The van der Waals surface area contributed by atoms with Crippen molar-refractivity contribution in [1.82, 2.24) is 31.2 Å². The van der Waals surface area contributed by atoms with E-state index < -0.39 is 96.7 Å². The molecule has 4 fully saturated rings. The summed E-state index contributed by atoms with van der Waals surface area (Å²) in [5.74, 6) is -7.23. The number of carboxylic acids is 1. The van der Waals surface area contributed by atoms with E-state index in [-0.39, 0.29) is 57.1 Å². The van der Waals surface area contributed by atoms with Gasteiger partial charge in [0, 0.05) is 61.0 Å². The van der Waals surface area contributed by atoms with Gasteiger partial charge in [0.15, 0.2) is 11.7 Å². The van der Waals surface area contributed by atoms with Gasteiger partial charge in [-0.1, -0.05) is 134 Å². The van der Waals surface area contributed by atoms with Crippen molar-refractivity contribution in [3.8, 4) is 0 Å². The van der Waals surface area contributed by atoms with Crippen molar-refractivity contribution >= 4 is 172 Å². The van der Waals surface area contributed by atoms with Crippen LogP contribution in [0.15, 0.2) is 35.5 Å². The molecule has 5 heterocycles. The van der Waals surface area contributed by atoms with Crippen molar-refractivity contribution in [2.45, 2.75) is 89.4 Å². The molecule has 4 saturated heterocycles. The Morgan fingerprint density at radius 2 is 1.44 bits per heavy atom. The van der Waals surface area contributed by atoms with Crippen LogP contribution in [0.25, 0.3) is 10.9 Å². The molecule has 0 unspecified atom stereocenters. The second-order valence-corrected chi connectivity index (χ2v) is 29.2. The zero-order chi connectivity index (χ0) is 50.0. The van der Waals surface area contributed by atoms with Gasteiger partial charge in [0.2, 0.25) is 35.4 Å². The standard InChI is InChI=1S/C36H50N10O9S2.2C2H4S4.CH4/c37-31(51)27-19-57-56-13-10-29(48)43-25(8-3-4-11-40-36(38)39)33(53)42-18-22(47)14-20(16-30(49)50)32(52)44-26(15-21-17-41-24-7-2-1-6-23(21)24)35(55)46-12-5-9-28(46)34(54)45-27;2*1-3-5-2-6-4-1;/h1-2,6-7,17,20,25-28,41H,3-5,8-16,18-19H2,(H2,37,51)(H,42,53)(H,43,48)(H,44,52)(H,45,54)(H,49,50)(H4,38,39,40);2*1-2H2;1H4/t20-,25-,26-,27-,28-;;;/m0.../s1. The van der Waals surface area contributed by atoms with Gasteiger partial charge in [-0.3, -0.25) is 43.3 Å². The number of aliphatic imine (C=N–C) groups is 1. The van der Waals surface area contributed by atoms with Crippen molar-refractivity contribution < 1.29 is 43.5 Å². The number of para-hydroxylation sites is 1. The minimum absolute atomic E-state index is 0. The first kappa shape index (κ1) is 61.8. The fourth-order valence-corrected chi connectivity index (χ4v) is 22.5. The maximum atomic E-state index is 14.3. The summed E-state index contributed by atoms with van der Waals surface area (Å²) in [7, 11) is 18.1. The number of benzene rings is 1. The van der Waals surface area contributed by atoms with Crippen LogP contribution in [-0.2, 0) is 44.8 Å².